The second-order valence-corrected chi connectivity index (χ2v) is 5.56. The van der Waals surface area contributed by atoms with Gasteiger partial charge < -0.3 is 14.9 Å². The largest absolute Gasteiger partial charge is 0.374 e. The van der Waals surface area contributed by atoms with Crippen molar-refractivity contribution in [3.63, 3.8) is 0 Å². The fraction of sp³-hybridized carbons (Fsp3) is 0.462. The van der Waals surface area contributed by atoms with Crippen molar-refractivity contribution in [2.75, 3.05) is 26.2 Å². The zero-order chi connectivity index (χ0) is 13.7. The van der Waals surface area contributed by atoms with E-state index in [9.17, 15) is 4.79 Å². The van der Waals surface area contributed by atoms with Crippen molar-refractivity contribution < 1.29 is 9.53 Å². The molecule has 1 aromatic rings. The maximum Gasteiger partial charge on any atom is 0.280 e. The molecule has 2 atom stereocenters. The van der Waals surface area contributed by atoms with Crippen molar-refractivity contribution in [3.05, 3.63) is 35.9 Å². The van der Waals surface area contributed by atoms with E-state index >= 15 is 0 Å². The molecule has 2 radical (unpaired) electrons. The number of nitrogens with one attached hydrogen (secondary N) is 1. The summed E-state index contributed by atoms with van der Waals surface area (Å²) in [5.74, 6) is 0.164. The molecule has 1 fully saturated rings. The van der Waals surface area contributed by atoms with Crippen LogP contribution in [0.3, 0.4) is 0 Å². The maximum atomic E-state index is 11.1. The van der Waals surface area contributed by atoms with E-state index in [2.05, 4.69) is 17.4 Å². The highest BCUT2D eigenvalue weighted by molar-refractivity contribution is 14.1. The number of hydrogen-bond acceptors (Lipinski definition) is 3. The molecule has 2 rings (SSSR count). The van der Waals surface area contributed by atoms with Gasteiger partial charge in [-0.1, -0.05) is 30.3 Å². The zero-order valence-corrected chi connectivity index (χ0v) is 12.7. The van der Waals surface area contributed by atoms with Gasteiger partial charge in [-0.15, -0.1) is 0 Å². The Kier molecular flexibility index (Phi) is 5.66. The van der Waals surface area contributed by atoms with Gasteiger partial charge in [0.15, 0.2) is 7.98 Å². The third-order valence-electron chi connectivity index (χ3n) is 3.26. The zero-order valence-electron chi connectivity index (χ0n) is 10.6. The topological polar surface area (TPSA) is 41.6 Å². The minimum Gasteiger partial charge on any atom is -0.374 e. The molecular formula is C13H16BIN2O2. The SMILES string of the molecule is [B]N1CCO[C@H](CNC(=O)I)C(c2ccccc2)C1. The number of benzene rings is 1. The summed E-state index contributed by atoms with van der Waals surface area (Å²) >= 11 is 1.73. The fourth-order valence-electron chi connectivity index (χ4n) is 2.30. The summed E-state index contributed by atoms with van der Waals surface area (Å²) in [5.41, 5.74) is 1.19. The van der Waals surface area contributed by atoms with Crippen LogP contribution in [0.15, 0.2) is 30.3 Å². The van der Waals surface area contributed by atoms with Gasteiger partial charge >= 0.3 is 0 Å². The molecule has 1 aliphatic heterocycles. The minimum atomic E-state index is -0.0677. The number of ether oxygens (including phenoxy) is 1. The molecule has 1 saturated heterocycles. The molecule has 1 N–H and O–H groups in total. The Morgan fingerprint density at radius 1 is 1.47 bits per heavy atom. The number of rotatable bonds is 3. The van der Waals surface area contributed by atoms with Gasteiger partial charge in [-0.2, -0.15) is 0 Å². The molecule has 19 heavy (non-hydrogen) atoms. The van der Waals surface area contributed by atoms with Crippen LogP contribution in [0.2, 0.25) is 0 Å². The van der Waals surface area contributed by atoms with E-state index in [4.69, 9.17) is 12.7 Å². The Balaban J connectivity index is 2.14. The molecule has 1 heterocycles. The van der Waals surface area contributed by atoms with Crippen molar-refractivity contribution >= 4 is 34.5 Å². The summed E-state index contributed by atoms with van der Waals surface area (Å²) in [7, 11) is 5.95. The third kappa shape index (κ3) is 4.47. The van der Waals surface area contributed by atoms with E-state index in [1.165, 1.54) is 5.56 Å². The van der Waals surface area contributed by atoms with E-state index in [0.29, 0.717) is 19.7 Å². The summed E-state index contributed by atoms with van der Waals surface area (Å²) in [5, 5.41) is 2.82. The molecule has 1 aromatic carbocycles. The lowest BCUT2D eigenvalue weighted by Gasteiger charge is -2.27. The van der Waals surface area contributed by atoms with Crippen LogP contribution in [-0.2, 0) is 4.74 Å². The van der Waals surface area contributed by atoms with Gasteiger partial charge in [0, 0.05) is 41.6 Å². The highest BCUT2D eigenvalue weighted by Gasteiger charge is 2.27. The summed E-state index contributed by atoms with van der Waals surface area (Å²) in [4.78, 5) is 12.8. The number of nitrogens with zero attached hydrogens (tertiary/aromatic N) is 1. The van der Waals surface area contributed by atoms with Gasteiger partial charge in [0.05, 0.1) is 12.7 Å². The summed E-state index contributed by atoms with van der Waals surface area (Å²) < 4.78 is 5.78. The van der Waals surface area contributed by atoms with Crippen molar-refractivity contribution in [1.82, 2.24) is 10.1 Å². The van der Waals surface area contributed by atoms with Crippen molar-refractivity contribution in [3.8, 4) is 0 Å². The van der Waals surface area contributed by atoms with Crippen LogP contribution in [0.25, 0.3) is 0 Å². The lowest BCUT2D eigenvalue weighted by Crippen LogP contribution is -2.37. The van der Waals surface area contributed by atoms with E-state index in [1.807, 2.05) is 18.2 Å². The molecule has 0 aromatic heterocycles. The first-order chi connectivity index (χ1) is 9.16. The van der Waals surface area contributed by atoms with Crippen molar-refractivity contribution in [2.24, 2.45) is 0 Å². The van der Waals surface area contributed by atoms with Crippen LogP contribution in [0.4, 0.5) is 4.79 Å². The highest BCUT2D eigenvalue weighted by Crippen LogP contribution is 2.24. The van der Waals surface area contributed by atoms with Crippen LogP contribution in [0, 0.1) is 0 Å². The van der Waals surface area contributed by atoms with E-state index < -0.39 is 0 Å². The second kappa shape index (κ2) is 7.26. The van der Waals surface area contributed by atoms with Crippen LogP contribution < -0.4 is 5.32 Å². The number of amides is 1. The summed E-state index contributed by atoms with van der Waals surface area (Å²) in [6, 6.07) is 10.2. The first-order valence-corrected chi connectivity index (χ1v) is 7.34. The van der Waals surface area contributed by atoms with Gasteiger partial charge in [0.1, 0.15) is 0 Å². The lowest BCUT2D eigenvalue weighted by molar-refractivity contribution is 0.0542. The average molecular weight is 370 g/mol. The van der Waals surface area contributed by atoms with Crippen molar-refractivity contribution in [1.29, 1.82) is 0 Å². The van der Waals surface area contributed by atoms with Gasteiger partial charge in [-0.3, -0.25) is 4.79 Å². The number of halogens is 1. The molecule has 1 aliphatic rings. The Labute approximate surface area is 128 Å². The van der Waals surface area contributed by atoms with Crippen molar-refractivity contribution in [2.45, 2.75) is 12.0 Å². The Morgan fingerprint density at radius 3 is 2.89 bits per heavy atom. The first-order valence-electron chi connectivity index (χ1n) is 6.26. The van der Waals surface area contributed by atoms with Crippen LogP contribution in [0.5, 0.6) is 0 Å². The smallest absolute Gasteiger partial charge is 0.280 e. The predicted octanol–water partition coefficient (Wildman–Crippen LogP) is 1.70. The highest BCUT2D eigenvalue weighted by atomic mass is 127. The van der Waals surface area contributed by atoms with E-state index in [1.54, 1.807) is 27.4 Å². The van der Waals surface area contributed by atoms with E-state index in [-0.39, 0.29) is 15.9 Å². The number of carbonyl (C=O) groups is 1. The molecule has 0 spiro atoms. The average Bonchev–Trinajstić information content (AvgIpc) is 2.59. The molecule has 4 nitrogen and oxygen atoms in total. The van der Waals surface area contributed by atoms with Gasteiger partial charge in [-0.25, -0.2) is 0 Å². The Bertz CT molecular complexity index is 418. The first kappa shape index (κ1) is 14.8. The number of hydrogen-bond donors (Lipinski definition) is 1. The van der Waals surface area contributed by atoms with Crippen LogP contribution >= 0.6 is 22.6 Å². The number of carbonyl (C=O) groups excluding carboxylic acids is 1. The molecule has 1 unspecified atom stereocenters. The third-order valence-corrected chi connectivity index (χ3v) is 3.64. The second-order valence-electron chi connectivity index (χ2n) is 4.58. The van der Waals surface area contributed by atoms with E-state index in [0.717, 1.165) is 6.54 Å². The Hall–Kier alpha value is -0.595. The Morgan fingerprint density at radius 2 is 2.21 bits per heavy atom. The monoisotopic (exact) mass is 370 g/mol. The summed E-state index contributed by atoms with van der Waals surface area (Å²) in [6.45, 7) is 2.53. The predicted molar refractivity (Wildman–Crippen MR) is 83.7 cm³/mol. The minimum absolute atomic E-state index is 0.0466. The normalized spacial score (nSPS) is 24.7. The standard InChI is InChI=1S/C13H16BIN2O2/c14-17-6-7-19-12(8-16-13(15)18)11(9-17)10-4-2-1-3-5-10/h1-5,11-12H,6-9H2,(H,16,18)/t11?,12-/m1/s1. The molecule has 6 heteroatoms. The van der Waals surface area contributed by atoms with Gasteiger partial charge in [-0.05, 0) is 12.1 Å². The molecule has 0 aliphatic carbocycles. The van der Waals surface area contributed by atoms with Crippen LogP contribution in [0.1, 0.15) is 11.5 Å². The molecule has 0 saturated carbocycles. The van der Waals surface area contributed by atoms with Gasteiger partial charge in [0.2, 0.25) is 0 Å². The van der Waals surface area contributed by atoms with Crippen LogP contribution in [-0.4, -0.2) is 49.1 Å². The lowest BCUT2D eigenvalue weighted by atomic mass is 9.92. The quantitative estimate of drug-likeness (QED) is 0.381. The maximum absolute atomic E-state index is 11.1. The summed E-state index contributed by atoms with van der Waals surface area (Å²) in [6.07, 6.45) is -0.0466. The molecular weight excluding hydrogens is 354 g/mol. The molecule has 100 valence electrons. The fourth-order valence-corrected chi connectivity index (χ4v) is 2.52. The molecule has 0 bridgehead atoms. The van der Waals surface area contributed by atoms with Gasteiger partial charge in [0.25, 0.3) is 3.91 Å². The molecule has 1 amide bonds.